The van der Waals surface area contributed by atoms with Gasteiger partial charge in [0.05, 0.1) is 5.69 Å². The topological polar surface area (TPSA) is 98.7 Å². The third-order valence-electron chi connectivity index (χ3n) is 3.45. The van der Waals surface area contributed by atoms with E-state index in [0.717, 1.165) is 12.1 Å². The molecule has 0 saturated carbocycles. The third-order valence-corrected chi connectivity index (χ3v) is 3.45. The van der Waals surface area contributed by atoms with E-state index >= 15 is 0 Å². The monoisotopic (exact) mass is 338 g/mol. The second-order valence-corrected chi connectivity index (χ2v) is 6.12. The van der Waals surface area contributed by atoms with Crippen LogP contribution in [-0.2, 0) is 0 Å². The van der Waals surface area contributed by atoms with Crippen molar-refractivity contribution >= 4 is 18.3 Å². The Hall–Kier alpha value is -1.99. The minimum Gasteiger partial charge on any atom is -0.346 e. The minimum atomic E-state index is -0.421. The molecule has 1 atom stereocenters. The van der Waals surface area contributed by atoms with E-state index in [4.69, 9.17) is 5.73 Å². The lowest BCUT2D eigenvalue weighted by Gasteiger charge is -2.31. The molecule has 2 aromatic rings. The number of carbonyl (C=O) groups excluding carboxylic acids is 1. The fourth-order valence-corrected chi connectivity index (χ4v) is 2.50. The molecule has 3 N–H and O–H groups in total. The molecule has 7 nitrogen and oxygen atoms in total. The van der Waals surface area contributed by atoms with Gasteiger partial charge in [-0.1, -0.05) is 19.9 Å². The Bertz CT molecular complexity index is 631. The molecule has 2 rings (SSSR count). The van der Waals surface area contributed by atoms with Crippen LogP contribution in [0, 0.1) is 5.92 Å². The first-order chi connectivity index (χ1) is 10.4. The molecule has 0 fully saturated rings. The maximum atomic E-state index is 12.5. The number of nitrogens with zero attached hydrogens (tertiary/aromatic N) is 4. The molecule has 0 saturated heterocycles. The number of nitrogens with one attached hydrogen (secondary N) is 1. The Balaban J connectivity index is 0.00000264. The number of hydrogen-bond donors (Lipinski definition) is 2. The van der Waals surface area contributed by atoms with Crippen LogP contribution in [-0.4, -0.2) is 38.2 Å². The molecule has 1 heterocycles. The highest BCUT2D eigenvalue weighted by Crippen LogP contribution is 2.17. The molecule has 1 aromatic heterocycles. The van der Waals surface area contributed by atoms with Gasteiger partial charge in [-0.3, -0.25) is 4.79 Å². The maximum Gasteiger partial charge on any atom is 0.251 e. The lowest BCUT2D eigenvalue weighted by Crippen LogP contribution is -2.52. The first-order valence-corrected chi connectivity index (χ1v) is 7.29. The zero-order valence-electron chi connectivity index (χ0n) is 13.6. The van der Waals surface area contributed by atoms with Gasteiger partial charge in [0.1, 0.15) is 6.33 Å². The summed E-state index contributed by atoms with van der Waals surface area (Å²) in [7, 11) is 0. The van der Waals surface area contributed by atoms with Crippen molar-refractivity contribution in [3.05, 3.63) is 36.2 Å². The van der Waals surface area contributed by atoms with E-state index < -0.39 is 5.54 Å². The average molecular weight is 339 g/mol. The molecule has 8 heteroatoms. The molecule has 0 aliphatic rings. The van der Waals surface area contributed by atoms with E-state index in [0.29, 0.717) is 18.0 Å². The normalized spacial score (nSPS) is 13.3. The fourth-order valence-electron chi connectivity index (χ4n) is 2.50. The third kappa shape index (κ3) is 5.01. The molecule has 0 aliphatic carbocycles. The predicted molar refractivity (Wildman–Crippen MR) is 90.8 cm³/mol. The van der Waals surface area contributed by atoms with Gasteiger partial charge in [-0.25, -0.2) is 4.68 Å². The molecule has 0 radical (unpaired) electrons. The van der Waals surface area contributed by atoms with Crippen molar-refractivity contribution in [2.75, 3.05) is 6.54 Å². The smallest absolute Gasteiger partial charge is 0.251 e. The van der Waals surface area contributed by atoms with Crippen molar-refractivity contribution in [1.29, 1.82) is 0 Å². The summed E-state index contributed by atoms with van der Waals surface area (Å²) in [6.45, 7) is 6.58. The van der Waals surface area contributed by atoms with Gasteiger partial charge in [-0.15, -0.1) is 17.5 Å². The Morgan fingerprint density at radius 1 is 1.43 bits per heavy atom. The van der Waals surface area contributed by atoms with Gasteiger partial charge in [0, 0.05) is 17.6 Å². The van der Waals surface area contributed by atoms with Crippen molar-refractivity contribution in [3.63, 3.8) is 0 Å². The van der Waals surface area contributed by atoms with Crippen LogP contribution in [0.4, 0.5) is 0 Å². The molecule has 1 unspecified atom stereocenters. The summed E-state index contributed by atoms with van der Waals surface area (Å²) < 4.78 is 1.51. The highest BCUT2D eigenvalue weighted by atomic mass is 35.5. The van der Waals surface area contributed by atoms with E-state index in [2.05, 4.69) is 34.7 Å². The van der Waals surface area contributed by atoms with Crippen molar-refractivity contribution < 1.29 is 4.79 Å². The van der Waals surface area contributed by atoms with Crippen LogP contribution in [0.2, 0.25) is 0 Å². The molecule has 0 bridgehead atoms. The summed E-state index contributed by atoms with van der Waals surface area (Å²) in [5.41, 5.74) is 6.71. The summed E-state index contributed by atoms with van der Waals surface area (Å²) in [5, 5.41) is 14.0. The Labute approximate surface area is 142 Å². The van der Waals surface area contributed by atoms with Gasteiger partial charge in [-0.05, 0) is 47.9 Å². The van der Waals surface area contributed by atoms with Crippen LogP contribution in [0.5, 0.6) is 0 Å². The first-order valence-electron chi connectivity index (χ1n) is 7.29. The van der Waals surface area contributed by atoms with Gasteiger partial charge in [0.25, 0.3) is 5.91 Å². The number of benzene rings is 1. The number of tetrazole rings is 1. The summed E-state index contributed by atoms with van der Waals surface area (Å²) in [6, 6.07) is 7.14. The van der Waals surface area contributed by atoms with Crippen LogP contribution < -0.4 is 11.1 Å². The molecular weight excluding hydrogens is 316 g/mol. The van der Waals surface area contributed by atoms with Crippen LogP contribution in [0.25, 0.3) is 5.69 Å². The zero-order valence-corrected chi connectivity index (χ0v) is 14.4. The van der Waals surface area contributed by atoms with Crippen LogP contribution in [0.3, 0.4) is 0 Å². The highest BCUT2D eigenvalue weighted by Gasteiger charge is 2.26. The summed E-state index contributed by atoms with van der Waals surface area (Å²) >= 11 is 0. The van der Waals surface area contributed by atoms with Gasteiger partial charge < -0.3 is 11.1 Å². The number of hydrogen-bond acceptors (Lipinski definition) is 5. The second-order valence-electron chi connectivity index (χ2n) is 6.12. The Morgan fingerprint density at radius 3 is 2.74 bits per heavy atom. The van der Waals surface area contributed by atoms with Gasteiger partial charge in [-0.2, -0.15) is 0 Å². The van der Waals surface area contributed by atoms with Crippen molar-refractivity contribution in [1.82, 2.24) is 25.5 Å². The van der Waals surface area contributed by atoms with E-state index in [9.17, 15) is 4.79 Å². The lowest BCUT2D eigenvalue weighted by molar-refractivity contribution is 0.0898. The van der Waals surface area contributed by atoms with E-state index in [1.807, 2.05) is 13.0 Å². The van der Waals surface area contributed by atoms with Crippen molar-refractivity contribution in [2.24, 2.45) is 11.7 Å². The fraction of sp³-hybridized carbons (Fsp3) is 0.467. The summed E-state index contributed by atoms with van der Waals surface area (Å²) in [4.78, 5) is 12.5. The number of aromatic nitrogens is 4. The Morgan fingerprint density at radius 2 is 2.17 bits per heavy atom. The minimum absolute atomic E-state index is 0. The van der Waals surface area contributed by atoms with Crippen LogP contribution in [0.15, 0.2) is 30.6 Å². The van der Waals surface area contributed by atoms with Crippen molar-refractivity contribution in [2.45, 2.75) is 32.7 Å². The largest absolute Gasteiger partial charge is 0.346 e. The predicted octanol–water partition coefficient (Wildman–Crippen LogP) is 1.58. The Kier molecular flexibility index (Phi) is 6.65. The average Bonchev–Trinajstić information content (AvgIpc) is 3.00. The first kappa shape index (κ1) is 19.1. The zero-order chi connectivity index (χ0) is 16.2. The van der Waals surface area contributed by atoms with Crippen molar-refractivity contribution in [3.8, 4) is 5.69 Å². The molecule has 23 heavy (non-hydrogen) atoms. The molecular formula is C15H23ClN6O. The van der Waals surface area contributed by atoms with E-state index in [1.54, 1.807) is 18.2 Å². The molecule has 1 aromatic carbocycles. The molecule has 0 spiro atoms. The SMILES string of the molecule is CC(C)CC(C)(CN)NC(=O)c1cccc(-n2cnnn2)c1.Cl. The van der Waals surface area contributed by atoms with Gasteiger partial charge >= 0.3 is 0 Å². The van der Waals surface area contributed by atoms with E-state index in [-0.39, 0.29) is 18.3 Å². The molecule has 126 valence electrons. The maximum absolute atomic E-state index is 12.5. The molecule has 0 aliphatic heterocycles. The van der Waals surface area contributed by atoms with Gasteiger partial charge in [0.2, 0.25) is 0 Å². The number of nitrogens with two attached hydrogens (primary N) is 1. The van der Waals surface area contributed by atoms with Gasteiger partial charge in [0.15, 0.2) is 0 Å². The lowest BCUT2D eigenvalue weighted by atomic mass is 9.90. The molecule has 1 amide bonds. The number of halogens is 1. The second kappa shape index (κ2) is 8.03. The van der Waals surface area contributed by atoms with Crippen LogP contribution in [0.1, 0.15) is 37.6 Å². The van der Waals surface area contributed by atoms with Crippen LogP contribution >= 0.6 is 12.4 Å². The quantitative estimate of drug-likeness (QED) is 0.833. The standard InChI is InChI=1S/C15H22N6O.ClH/c1-11(2)8-15(3,9-16)18-14(22)12-5-4-6-13(7-12)21-10-17-19-20-21;/h4-7,10-11H,8-9,16H2,1-3H3,(H,18,22);1H. The number of carbonyl (C=O) groups is 1. The summed E-state index contributed by atoms with van der Waals surface area (Å²) in [6.07, 6.45) is 2.31. The number of amides is 1. The van der Waals surface area contributed by atoms with E-state index in [1.165, 1.54) is 11.0 Å². The summed E-state index contributed by atoms with van der Waals surface area (Å²) in [5.74, 6) is 0.296. The highest BCUT2D eigenvalue weighted by molar-refractivity contribution is 5.95. The number of rotatable bonds is 6.